The summed E-state index contributed by atoms with van der Waals surface area (Å²) >= 11 is 11.8. The summed E-state index contributed by atoms with van der Waals surface area (Å²) in [7, 11) is -0.924. The molecule has 2 rings (SSSR count). The average Bonchev–Trinajstić information content (AvgIpc) is 2.59. The summed E-state index contributed by atoms with van der Waals surface area (Å²) in [5.74, 6) is -1.30. The second-order valence-corrected chi connectivity index (χ2v) is 8.88. The molecule has 0 aliphatic heterocycles. The number of Topliss-reactive ketones (excluding diaryl/α,β-unsaturated/α-hetero) is 1. The monoisotopic (exact) mass is 429 g/mol. The van der Waals surface area contributed by atoms with E-state index in [0.717, 1.165) is 4.31 Å². The summed E-state index contributed by atoms with van der Waals surface area (Å²) in [5.41, 5.74) is 0.761. The Kier molecular flexibility index (Phi) is 6.64. The Hall–Kier alpha value is -1.93. The van der Waals surface area contributed by atoms with E-state index in [-0.39, 0.29) is 21.0 Å². The van der Waals surface area contributed by atoms with Crippen molar-refractivity contribution in [3.05, 3.63) is 63.1 Å². The van der Waals surface area contributed by atoms with Crippen molar-refractivity contribution in [2.75, 3.05) is 20.7 Å². The number of hydrogen-bond donors (Lipinski definition) is 0. The van der Waals surface area contributed by atoms with E-state index in [9.17, 15) is 18.0 Å². The first kappa shape index (κ1) is 21.4. The summed E-state index contributed by atoms with van der Waals surface area (Å²) in [6.07, 6.45) is 0. The molecule has 6 nitrogen and oxygen atoms in total. The molecule has 0 N–H and O–H groups in total. The van der Waals surface area contributed by atoms with Crippen LogP contribution in [0.25, 0.3) is 0 Å². The van der Waals surface area contributed by atoms with E-state index in [1.54, 1.807) is 6.92 Å². The molecule has 0 radical (unpaired) electrons. The lowest BCUT2D eigenvalue weighted by molar-refractivity contribution is 0.0473. The van der Waals surface area contributed by atoms with Gasteiger partial charge in [0.1, 0.15) is 0 Å². The van der Waals surface area contributed by atoms with Crippen molar-refractivity contribution in [2.45, 2.75) is 11.8 Å². The van der Waals surface area contributed by atoms with Gasteiger partial charge in [0.2, 0.25) is 15.8 Å². The largest absolute Gasteiger partial charge is 0.454 e. The van der Waals surface area contributed by atoms with Gasteiger partial charge in [-0.3, -0.25) is 4.79 Å². The smallest absolute Gasteiger partial charge is 0.338 e. The molecule has 2 aromatic carbocycles. The predicted molar refractivity (Wildman–Crippen MR) is 103 cm³/mol. The molecule has 0 fully saturated rings. The van der Waals surface area contributed by atoms with E-state index >= 15 is 0 Å². The maximum atomic E-state index is 12.4. The number of ketones is 1. The maximum absolute atomic E-state index is 12.4. The van der Waals surface area contributed by atoms with Gasteiger partial charge in [-0.1, -0.05) is 29.3 Å². The number of esters is 1. The van der Waals surface area contributed by atoms with Crippen molar-refractivity contribution < 1.29 is 22.7 Å². The van der Waals surface area contributed by atoms with Gasteiger partial charge in [0.25, 0.3) is 0 Å². The second kappa shape index (κ2) is 8.39. The van der Waals surface area contributed by atoms with Crippen molar-refractivity contribution in [3.8, 4) is 0 Å². The van der Waals surface area contributed by atoms with E-state index < -0.39 is 28.4 Å². The Bertz CT molecular complexity index is 1000. The molecule has 0 bridgehead atoms. The highest BCUT2D eigenvalue weighted by Crippen LogP contribution is 2.22. The third-order valence-corrected chi connectivity index (χ3v) is 6.13. The number of ether oxygens (including phenoxy) is 1. The summed E-state index contributed by atoms with van der Waals surface area (Å²) in [6.45, 7) is 1.10. The third kappa shape index (κ3) is 4.87. The SMILES string of the molecule is Cc1ccc(S(=O)(=O)N(C)C)cc1C(=O)OCC(=O)c1ccc(Cl)cc1Cl. The number of sulfonamides is 1. The zero-order valence-electron chi connectivity index (χ0n) is 14.8. The van der Waals surface area contributed by atoms with Crippen LogP contribution in [0.15, 0.2) is 41.3 Å². The van der Waals surface area contributed by atoms with Gasteiger partial charge in [0.05, 0.1) is 15.5 Å². The van der Waals surface area contributed by atoms with Crippen molar-refractivity contribution in [1.82, 2.24) is 4.31 Å². The van der Waals surface area contributed by atoms with E-state index in [2.05, 4.69) is 0 Å². The fraction of sp³-hybridized carbons (Fsp3) is 0.222. The number of aryl methyl sites for hydroxylation is 1. The molecule has 0 atom stereocenters. The number of nitrogens with zero attached hydrogens (tertiary/aromatic N) is 1. The summed E-state index contributed by atoms with van der Waals surface area (Å²) < 4.78 is 30.5. The van der Waals surface area contributed by atoms with Gasteiger partial charge >= 0.3 is 5.97 Å². The van der Waals surface area contributed by atoms with Crippen molar-refractivity contribution in [2.24, 2.45) is 0 Å². The Labute approximate surface area is 167 Å². The van der Waals surface area contributed by atoms with Gasteiger partial charge < -0.3 is 4.74 Å². The quantitative estimate of drug-likeness (QED) is 0.517. The molecule has 0 saturated carbocycles. The van der Waals surface area contributed by atoms with Crippen LogP contribution >= 0.6 is 23.2 Å². The van der Waals surface area contributed by atoms with Crippen LogP contribution in [-0.4, -0.2) is 45.2 Å². The fourth-order valence-electron chi connectivity index (χ4n) is 2.19. The molecule has 0 amide bonds. The first-order valence-electron chi connectivity index (χ1n) is 7.72. The van der Waals surface area contributed by atoms with Crippen LogP contribution < -0.4 is 0 Å². The zero-order valence-corrected chi connectivity index (χ0v) is 17.2. The maximum Gasteiger partial charge on any atom is 0.338 e. The molecule has 2 aromatic rings. The Balaban J connectivity index is 2.20. The molecule has 27 heavy (non-hydrogen) atoms. The predicted octanol–water partition coefficient (Wildman–Crippen LogP) is 3.59. The zero-order chi connectivity index (χ0) is 20.4. The molecular formula is C18H17Cl2NO5S. The van der Waals surface area contributed by atoms with Gasteiger partial charge in [-0.2, -0.15) is 0 Å². The first-order chi connectivity index (χ1) is 12.5. The highest BCUT2D eigenvalue weighted by atomic mass is 35.5. The van der Waals surface area contributed by atoms with Crippen LogP contribution in [0.4, 0.5) is 0 Å². The third-order valence-electron chi connectivity index (χ3n) is 3.77. The molecule has 0 unspecified atom stereocenters. The molecular weight excluding hydrogens is 413 g/mol. The minimum Gasteiger partial charge on any atom is -0.454 e. The highest BCUT2D eigenvalue weighted by Gasteiger charge is 2.21. The second-order valence-electron chi connectivity index (χ2n) is 5.89. The molecule has 0 saturated heterocycles. The molecule has 144 valence electrons. The lowest BCUT2D eigenvalue weighted by Gasteiger charge is -2.13. The minimum atomic E-state index is -3.70. The number of carbonyl (C=O) groups is 2. The Morgan fingerprint density at radius 1 is 1.04 bits per heavy atom. The topological polar surface area (TPSA) is 80.8 Å². The molecule has 0 aromatic heterocycles. The van der Waals surface area contributed by atoms with Crippen LogP contribution in [0.5, 0.6) is 0 Å². The molecule has 9 heteroatoms. The van der Waals surface area contributed by atoms with Gasteiger partial charge in [0, 0.05) is 24.7 Å². The normalized spacial score (nSPS) is 11.5. The lowest BCUT2D eigenvalue weighted by Crippen LogP contribution is -2.23. The van der Waals surface area contributed by atoms with Crippen LogP contribution in [0.2, 0.25) is 10.0 Å². The van der Waals surface area contributed by atoms with Gasteiger partial charge in [0.15, 0.2) is 6.61 Å². The highest BCUT2D eigenvalue weighted by molar-refractivity contribution is 7.89. The number of hydrogen-bond acceptors (Lipinski definition) is 5. The Morgan fingerprint density at radius 2 is 1.70 bits per heavy atom. The van der Waals surface area contributed by atoms with Gasteiger partial charge in [-0.15, -0.1) is 0 Å². The van der Waals surface area contributed by atoms with Crippen LogP contribution in [0.1, 0.15) is 26.3 Å². The fourth-order valence-corrected chi connectivity index (χ4v) is 3.64. The van der Waals surface area contributed by atoms with Crippen molar-refractivity contribution in [3.63, 3.8) is 0 Å². The molecule has 0 aliphatic carbocycles. The standard InChI is InChI=1S/C18H17Cl2NO5S/c1-11-4-6-13(27(24,25)21(2)3)9-15(11)18(23)26-10-17(22)14-7-5-12(19)8-16(14)20/h4-9H,10H2,1-3H3. The van der Waals surface area contributed by atoms with Crippen LogP contribution in [-0.2, 0) is 14.8 Å². The first-order valence-corrected chi connectivity index (χ1v) is 9.92. The van der Waals surface area contributed by atoms with Crippen molar-refractivity contribution in [1.29, 1.82) is 0 Å². The number of carbonyl (C=O) groups excluding carboxylic acids is 2. The van der Waals surface area contributed by atoms with Gasteiger partial charge in [-0.25, -0.2) is 17.5 Å². The van der Waals surface area contributed by atoms with Crippen LogP contribution in [0.3, 0.4) is 0 Å². The lowest BCUT2D eigenvalue weighted by atomic mass is 10.1. The van der Waals surface area contributed by atoms with Gasteiger partial charge in [-0.05, 0) is 42.8 Å². The van der Waals surface area contributed by atoms with E-state index in [1.807, 2.05) is 0 Å². The van der Waals surface area contributed by atoms with E-state index in [0.29, 0.717) is 10.6 Å². The molecule has 0 heterocycles. The minimum absolute atomic E-state index is 0.0443. The number of benzene rings is 2. The Morgan fingerprint density at radius 3 is 2.30 bits per heavy atom. The summed E-state index contributed by atoms with van der Waals surface area (Å²) in [6, 6.07) is 8.49. The molecule has 0 aliphatic rings. The number of halogens is 2. The van der Waals surface area contributed by atoms with Crippen molar-refractivity contribution >= 4 is 45.0 Å². The average molecular weight is 430 g/mol. The van der Waals surface area contributed by atoms with Crippen LogP contribution in [0, 0.1) is 6.92 Å². The molecule has 0 spiro atoms. The van der Waals surface area contributed by atoms with E-state index in [4.69, 9.17) is 27.9 Å². The summed E-state index contributed by atoms with van der Waals surface area (Å²) in [5, 5.41) is 0.530. The van der Waals surface area contributed by atoms with E-state index in [1.165, 1.54) is 50.5 Å². The summed E-state index contributed by atoms with van der Waals surface area (Å²) in [4.78, 5) is 24.5. The number of rotatable bonds is 6.